The summed E-state index contributed by atoms with van der Waals surface area (Å²) in [5.74, 6) is 0. The van der Waals surface area contributed by atoms with Gasteiger partial charge in [-0.3, -0.25) is 0 Å². The zero-order chi connectivity index (χ0) is 13.1. The van der Waals surface area contributed by atoms with E-state index in [0.717, 1.165) is 27.3 Å². The zero-order valence-corrected chi connectivity index (χ0v) is 12.7. The van der Waals surface area contributed by atoms with Gasteiger partial charge < -0.3 is 9.88 Å². The Hall–Kier alpha value is -0.840. The van der Waals surface area contributed by atoms with Crippen LogP contribution in [0, 0.1) is 0 Å². The standard InChI is InChI=1S/C13H15BrClN3/c1-3-16-13(11-7-18(2)8-17-11)9-5-4-6-10(14)12(9)15/h4-8,13,16H,3H2,1-2H3. The summed E-state index contributed by atoms with van der Waals surface area (Å²) >= 11 is 9.82. The van der Waals surface area contributed by atoms with Crippen molar-refractivity contribution in [3.05, 3.63) is 51.5 Å². The fourth-order valence-corrected chi connectivity index (χ4v) is 2.52. The number of hydrogen-bond acceptors (Lipinski definition) is 2. The van der Waals surface area contributed by atoms with Gasteiger partial charge in [0.25, 0.3) is 0 Å². The molecule has 0 saturated heterocycles. The van der Waals surface area contributed by atoms with Gasteiger partial charge in [0.15, 0.2) is 0 Å². The minimum atomic E-state index is 0.0150. The first-order valence-corrected chi connectivity index (χ1v) is 6.95. The summed E-state index contributed by atoms with van der Waals surface area (Å²) in [5.41, 5.74) is 2.01. The highest BCUT2D eigenvalue weighted by molar-refractivity contribution is 9.10. The van der Waals surface area contributed by atoms with Crippen molar-refractivity contribution in [1.29, 1.82) is 0 Å². The predicted octanol–water partition coefficient (Wildman–Crippen LogP) is 3.53. The number of rotatable bonds is 4. The quantitative estimate of drug-likeness (QED) is 0.930. The number of halogens is 2. The largest absolute Gasteiger partial charge is 0.340 e. The minimum absolute atomic E-state index is 0.0150. The van der Waals surface area contributed by atoms with Crippen LogP contribution in [-0.2, 0) is 7.05 Å². The maximum Gasteiger partial charge on any atom is 0.0947 e. The molecule has 5 heteroatoms. The molecular formula is C13H15BrClN3. The molecule has 1 heterocycles. The number of aryl methyl sites for hydroxylation is 1. The summed E-state index contributed by atoms with van der Waals surface area (Å²) in [7, 11) is 1.96. The Kier molecular flexibility index (Phi) is 4.43. The van der Waals surface area contributed by atoms with Crippen LogP contribution in [0.1, 0.15) is 24.2 Å². The Morgan fingerprint density at radius 2 is 2.28 bits per heavy atom. The zero-order valence-electron chi connectivity index (χ0n) is 10.3. The monoisotopic (exact) mass is 327 g/mol. The lowest BCUT2D eigenvalue weighted by Gasteiger charge is -2.18. The van der Waals surface area contributed by atoms with Gasteiger partial charge in [0.2, 0.25) is 0 Å². The average Bonchev–Trinajstić information content (AvgIpc) is 2.77. The molecular weight excluding hydrogens is 314 g/mol. The first kappa shape index (κ1) is 13.6. The molecule has 0 aliphatic heterocycles. The van der Waals surface area contributed by atoms with E-state index in [-0.39, 0.29) is 6.04 Å². The summed E-state index contributed by atoms with van der Waals surface area (Å²) < 4.78 is 2.84. The van der Waals surface area contributed by atoms with Crippen molar-refractivity contribution in [2.75, 3.05) is 6.54 Å². The van der Waals surface area contributed by atoms with Gasteiger partial charge in [-0.25, -0.2) is 4.98 Å². The summed E-state index contributed by atoms with van der Waals surface area (Å²) in [4.78, 5) is 4.41. The number of nitrogens with one attached hydrogen (secondary N) is 1. The van der Waals surface area contributed by atoms with E-state index in [1.807, 2.05) is 36.0 Å². The van der Waals surface area contributed by atoms with Crippen LogP contribution in [-0.4, -0.2) is 16.1 Å². The third kappa shape index (κ3) is 2.76. The predicted molar refractivity (Wildman–Crippen MR) is 77.9 cm³/mol. The molecule has 0 saturated carbocycles. The Balaban J connectivity index is 2.44. The molecule has 1 atom stereocenters. The smallest absolute Gasteiger partial charge is 0.0947 e. The average molecular weight is 329 g/mol. The van der Waals surface area contributed by atoms with Crippen LogP contribution in [0.25, 0.3) is 0 Å². The van der Waals surface area contributed by atoms with Gasteiger partial charge in [0, 0.05) is 17.7 Å². The van der Waals surface area contributed by atoms with Gasteiger partial charge in [-0.15, -0.1) is 0 Å². The van der Waals surface area contributed by atoms with Crippen LogP contribution in [0.2, 0.25) is 5.02 Å². The highest BCUT2D eigenvalue weighted by atomic mass is 79.9. The second kappa shape index (κ2) is 5.87. The number of nitrogens with zero attached hydrogens (tertiary/aromatic N) is 2. The Labute approximate surface area is 120 Å². The Morgan fingerprint density at radius 3 is 2.89 bits per heavy atom. The summed E-state index contributed by atoms with van der Waals surface area (Å²) in [6.07, 6.45) is 3.80. The molecule has 1 aromatic heterocycles. The van der Waals surface area contributed by atoms with E-state index in [4.69, 9.17) is 11.6 Å². The van der Waals surface area contributed by atoms with Gasteiger partial charge in [-0.1, -0.05) is 30.7 Å². The fraction of sp³-hybridized carbons (Fsp3) is 0.308. The number of aromatic nitrogens is 2. The molecule has 2 aromatic rings. The van der Waals surface area contributed by atoms with Crippen LogP contribution in [0.15, 0.2) is 35.2 Å². The maximum absolute atomic E-state index is 6.36. The highest BCUT2D eigenvalue weighted by Crippen LogP contribution is 2.32. The van der Waals surface area contributed by atoms with E-state index in [1.54, 1.807) is 6.33 Å². The van der Waals surface area contributed by atoms with E-state index in [9.17, 15) is 0 Å². The molecule has 1 unspecified atom stereocenters. The van der Waals surface area contributed by atoms with Crippen molar-refractivity contribution in [3.8, 4) is 0 Å². The second-order valence-electron chi connectivity index (χ2n) is 4.10. The van der Waals surface area contributed by atoms with Crippen LogP contribution >= 0.6 is 27.5 Å². The maximum atomic E-state index is 6.36. The Morgan fingerprint density at radius 1 is 1.50 bits per heavy atom. The van der Waals surface area contributed by atoms with E-state index in [2.05, 4.69) is 33.2 Å². The lowest BCUT2D eigenvalue weighted by Crippen LogP contribution is -2.22. The van der Waals surface area contributed by atoms with Crippen molar-refractivity contribution < 1.29 is 0 Å². The van der Waals surface area contributed by atoms with Gasteiger partial charge >= 0.3 is 0 Å². The van der Waals surface area contributed by atoms with Crippen LogP contribution < -0.4 is 5.32 Å². The molecule has 18 heavy (non-hydrogen) atoms. The van der Waals surface area contributed by atoms with Crippen molar-refractivity contribution >= 4 is 27.5 Å². The van der Waals surface area contributed by atoms with Gasteiger partial charge in [-0.2, -0.15) is 0 Å². The van der Waals surface area contributed by atoms with E-state index in [1.165, 1.54) is 0 Å². The van der Waals surface area contributed by atoms with Crippen LogP contribution in [0.4, 0.5) is 0 Å². The third-order valence-corrected chi connectivity index (χ3v) is 4.03. The normalized spacial score (nSPS) is 12.7. The number of hydrogen-bond donors (Lipinski definition) is 1. The molecule has 96 valence electrons. The minimum Gasteiger partial charge on any atom is -0.340 e. The first-order chi connectivity index (χ1) is 8.63. The molecule has 0 spiro atoms. The van der Waals surface area contributed by atoms with Crippen molar-refractivity contribution in [1.82, 2.24) is 14.9 Å². The first-order valence-electron chi connectivity index (χ1n) is 5.78. The van der Waals surface area contributed by atoms with Crippen molar-refractivity contribution in [2.45, 2.75) is 13.0 Å². The molecule has 0 radical (unpaired) electrons. The molecule has 3 nitrogen and oxygen atoms in total. The molecule has 1 N–H and O–H groups in total. The molecule has 0 fully saturated rings. The van der Waals surface area contributed by atoms with E-state index >= 15 is 0 Å². The molecule has 0 bridgehead atoms. The second-order valence-corrected chi connectivity index (χ2v) is 5.33. The Bertz CT molecular complexity index is 539. The van der Waals surface area contributed by atoms with Gasteiger partial charge in [-0.05, 0) is 34.1 Å². The lowest BCUT2D eigenvalue weighted by molar-refractivity contribution is 0.617. The molecule has 0 aliphatic rings. The summed E-state index contributed by atoms with van der Waals surface area (Å²) in [6, 6.07) is 5.96. The van der Waals surface area contributed by atoms with E-state index < -0.39 is 0 Å². The molecule has 0 amide bonds. The fourth-order valence-electron chi connectivity index (χ4n) is 1.90. The van der Waals surface area contributed by atoms with Crippen LogP contribution in [0.5, 0.6) is 0 Å². The van der Waals surface area contributed by atoms with Crippen LogP contribution in [0.3, 0.4) is 0 Å². The number of imidazole rings is 1. The van der Waals surface area contributed by atoms with Gasteiger partial charge in [0.05, 0.1) is 23.1 Å². The topological polar surface area (TPSA) is 29.9 Å². The SMILES string of the molecule is CCNC(c1cn(C)cn1)c1cccc(Br)c1Cl. The third-order valence-electron chi connectivity index (χ3n) is 2.72. The summed E-state index contributed by atoms with van der Waals surface area (Å²) in [6.45, 7) is 2.92. The summed E-state index contributed by atoms with van der Waals surface area (Å²) in [5, 5.41) is 4.15. The highest BCUT2D eigenvalue weighted by Gasteiger charge is 2.19. The van der Waals surface area contributed by atoms with Gasteiger partial charge in [0.1, 0.15) is 0 Å². The molecule has 1 aromatic carbocycles. The number of benzene rings is 1. The van der Waals surface area contributed by atoms with Crippen molar-refractivity contribution in [2.24, 2.45) is 7.05 Å². The molecule has 0 aliphatic carbocycles. The van der Waals surface area contributed by atoms with Crippen molar-refractivity contribution in [3.63, 3.8) is 0 Å². The van der Waals surface area contributed by atoms with E-state index in [0.29, 0.717) is 0 Å². The molecule has 2 rings (SSSR count). The lowest BCUT2D eigenvalue weighted by atomic mass is 10.0.